The zero-order valence-electron chi connectivity index (χ0n) is 23.3. The van der Waals surface area contributed by atoms with Crippen molar-refractivity contribution < 1.29 is 27.4 Å². The Hall–Kier alpha value is -3.14. The van der Waals surface area contributed by atoms with Crippen LogP contribution in [0.25, 0.3) is 5.69 Å². The molecule has 0 bridgehead atoms. The van der Waals surface area contributed by atoms with Crippen molar-refractivity contribution >= 4 is 27.6 Å². The molecule has 0 aromatic carbocycles. The summed E-state index contributed by atoms with van der Waals surface area (Å²) in [6.07, 6.45) is 3.59. The smallest absolute Gasteiger partial charge is 0.245 e. The molecule has 14 nitrogen and oxygen atoms in total. The number of sulfonamides is 1. The van der Waals surface area contributed by atoms with Crippen LogP contribution in [0.4, 0.5) is 5.95 Å². The highest BCUT2D eigenvalue weighted by Crippen LogP contribution is 2.42. The molecule has 16 heteroatoms. The molecule has 4 rings (SSSR count). The molecule has 1 aliphatic heterocycles. The van der Waals surface area contributed by atoms with E-state index in [0.29, 0.717) is 17.3 Å². The van der Waals surface area contributed by atoms with Crippen molar-refractivity contribution in [2.75, 3.05) is 18.9 Å². The number of anilines is 1. The second kappa shape index (κ2) is 11.8. The fraction of sp³-hybridized carbons (Fsp3) is 0.583. The highest BCUT2D eigenvalue weighted by atomic mass is 35.5. The molecule has 1 N–H and O–H groups in total. The van der Waals surface area contributed by atoms with Crippen molar-refractivity contribution in [3.63, 3.8) is 0 Å². The van der Waals surface area contributed by atoms with Crippen LogP contribution < -0.4 is 14.2 Å². The molecule has 0 saturated carbocycles. The van der Waals surface area contributed by atoms with Gasteiger partial charge in [-0.05, 0) is 47.5 Å². The van der Waals surface area contributed by atoms with Gasteiger partial charge in [0.25, 0.3) is 0 Å². The average Bonchev–Trinajstić information content (AvgIpc) is 3.48. The molecule has 40 heavy (non-hydrogen) atoms. The number of aromatic nitrogens is 7. The van der Waals surface area contributed by atoms with E-state index in [9.17, 15) is 8.42 Å². The number of hydrogen-bond donors (Lipinski definition) is 1. The highest BCUT2D eigenvalue weighted by Gasteiger charge is 2.40. The van der Waals surface area contributed by atoms with Crippen molar-refractivity contribution in [2.45, 2.75) is 76.6 Å². The number of nitrogens with one attached hydrogen (secondary N) is 1. The first-order valence-electron chi connectivity index (χ1n) is 12.6. The van der Waals surface area contributed by atoms with Crippen LogP contribution in [-0.2, 0) is 19.5 Å². The molecule has 2 unspecified atom stereocenters. The summed E-state index contributed by atoms with van der Waals surface area (Å²) in [6, 6.07) is 0. The van der Waals surface area contributed by atoms with Crippen LogP contribution in [0.2, 0.25) is 5.02 Å². The topological polar surface area (TPSA) is 165 Å². The van der Waals surface area contributed by atoms with Gasteiger partial charge in [-0.1, -0.05) is 11.6 Å². The first-order chi connectivity index (χ1) is 18.9. The summed E-state index contributed by atoms with van der Waals surface area (Å²) in [7, 11) is -1.34. The lowest BCUT2D eigenvalue weighted by molar-refractivity contribution is -0.0207. The quantitative estimate of drug-likeness (QED) is 0.343. The number of ether oxygens (including phenoxy) is 4. The van der Waals surface area contributed by atoms with Crippen molar-refractivity contribution in [3.05, 3.63) is 35.4 Å². The maximum absolute atomic E-state index is 13.8. The second-order valence-electron chi connectivity index (χ2n) is 10.1. The van der Waals surface area contributed by atoms with Crippen LogP contribution in [0.3, 0.4) is 0 Å². The Morgan fingerprint density at radius 3 is 2.23 bits per heavy atom. The fourth-order valence-electron chi connectivity index (χ4n) is 4.32. The third kappa shape index (κ3) is 6.27. The molecule has 3 aromatic heterocycles. The summed E-state index contributed by atoms with van der Waals surface area (Å²) in [5.41, 5.74) is -0.195. The Balaban J connectivity index is 1.80. The van der Waals surface area contributed by atoms with Crippen LogP contribution >= 0.6 is 11.6 Å². The van der Waals surface area contributed by atoms with Gasteiger partial charge in [-0.15, -0.1) is 10.2 Å². The van der Waals surface area contributed by atoms with E-state index < -0.39 is 33.1 Å². The zero-order chi connectivity index (χ0) is 29.2. The molecule has 1 fully saturated rings. The number of rotatable bonds is 11. The molecule has 0 amide bonds. The maximum atomic E-state index is 13.8. The van der Waals surface area contributed by atoms with Crippen molar-refractivity contribution in [1.82, 2.24) is 34.7 Å². The third-order valence-electron chi connectivity index (χ3n) is 6.27. The van der Waals surface area contributed by atoms with Crippen LogP contribution in [0.5, 0.6) is 11.8 Å². The summed E-state index contributed by atoms with van der Waals surface area (Å²) in [5.74, 6) is 0.600. The van der Waals surface area contributed by atoms with Gasteiger partial charge in [0.2, 0.25) is 27.7 Å². The summed E-state index contributed by atoms with van der Waals surface area (Å²) >= 11 is 5.94. The van der Waals surface area contributed by atoms with Crippen LogP contribution in [0.1, 0.15) is 71.3 Å². The lowest BCUT2D eigenvalue weighted by atomic mass is 10.1. The van der Waals surface area contributed by atoms with E-state index in [1.54, 1.807) is 13.8 Å². The lowest BCUT2D eigenvalue weighted by Gasteiger charge is -2.25. The van der Waals surface area contributed by atoms with Crippen LogP contribution in [-0.4, -0.2) is 74.3 Å². The SMILES string of the molecule is COc1ncnc(OC)c1-n1c(NS(=O)(=O)C(C)C(OC(C)C)c2ncc(Cl)cn2)nnc1[C@H]1CCC(C)(C)O1. The Kier molecular flexibility index (Phi) is 8.77. The zero-order valence-corrected chi connectivity index (χ0v) is 24.9. The lowest BCUT2D eigenvalue weighted by Crippen LogP contribution is -2.35. The molecule has 4 heterocycles. The summed E-state index contributed by atoms with van der Waals surface area (Å²) in [4.78, 5) is 16.8. The van der Waals surface area contributed by atoms with Gasteiger partial charge in [0.1, 0.15) is 23.8 Å². The van der Waals surface area contributed by atoms with Crippen molar-refractivity contribution in [3.8, 4) is 17.4 Å². The summed E-state index contributed by atoms with van der Waals surface area (Å²) in [6.45, 7) is 9.01. The molecular formula is C24H33ClN8O6S. The van der Waals surface area contributed by atoms with E-state index in [0.717, 1.165) is 6.42 Å². The fourth-order valence-corrected chi connectivity index (χ4v) is 5.50. The number of hydrogen-bond acceptors (Lipinski definition) is 12. The molecule has 1 saturated heterocycles. The first-order valence-corrected chi connectivity index (χ1v) is 14.5. The van der Waals surface area contributed by atoms with Gasteiger partial charge in [0.15, 0.2) is 17.3 Å². The summed E-state index contributed by atoms with van der Waals surface area (Å²) < 4.78 is 54.8. The van der Waals surface area contributed by atoms with E-state index >= 15 is 0 Å². The van der Waals surface area contributed by atoms with E-state index in [2.05, 4.69) is 34.9 Å². The van der Waals surface area contributed by atoms with E-state index in [4.69, 9.17) is 30.5 Å². The van der Waals surface area contributed by atoms with Gasteiger partial charge in [-0.25, -0.2) is 18.4 Å². The Morgan fingerprint density at radius 1 is 1.07 bits per heavy atom. The molecule has 0 spiro atoms. The predicted octanol–water partition coefficient (Wildman–Crippen LogP) is 3.44. The van der Waals surface area contributed by atoms with Crippen molar-refractivity contribution in [2.24, 2.45) is 0 Å². The predicted molar refractivity (Wildman–Crippen MR) is 145 cm³/mol. The monoisotopic (exact) mass is 596 g/mol. The Bertz CT molecular complexity index is 1410. The van der Waals surface area contributed by atoms with Crippen LogP contribution in [0.15, 0.2) is 18.7 Å². The Labute approximate surface area is 237 Å². The van der Waals surface area contributed by atoms with Gasteiger partial charge in [-0.2, -0.15) is 9.97 Å². The van der Waals surface area contributed by atoms with Crippen molar-refractivity contribution in [1.29, 1.82) is 0 Å². The average molecular weight is 597 g/mol. The van der Waals surface area contributed by atoms with E-state index in [1.165, 1.54) is 44.4 Å². The Morgan fingerprint density at radius 2 is 1.70 bits per heavy atom. The molecule has 218 valence electrons. The molecule has 1 aliphatic rings. The van der Waals surface area contributed by atoms with E-state index in [-0.39, 0.29) is 35.3 Å². The third-order valence-corrected chi connectivity index (χ3v) is 8.16. The number of methoxy groups -OCH3 is 2. The maximum Gasteiger partial charge on any atom is 0.245 e. The molecule has 3 atom stereocenters. The van der Waals surface area contributed by atoms with Gasteiger partial charge < -0.3 is 18.9 Å². The minimum atomic E-state index is -4.19. The first kappa shape index (κ1) is 29.8. The molecule has 3 aromatic rings. The van der Waals surface area contributed by atoms with Crippen LogP contribution in [0, 0.1) is 0 Å². The number of nitrogens with zero attached hydrogens (tertiary/aromatic N) is 7. The van der Waals surface area contributed by atoms with Gasteiger partial charge >= 0.3 is 0 Å². The highest BCUT2D eigenvalue weighted by molar-refractivity contribution is 7.93. The minimum Gasteiger partial charge on any atom is -0.479 e. The van der Waals surface area contributed by atoms with E-state index in [1.807, 2.05) is 13.8 Å². The van der Waals surface area contributed by atoms with Gasteiger partial charge in [-0.3, -0.25) is 9.29 Å². The standard InChI is InChI=1S/C24H33ClN8O6S/c1-13(2)38-18(19-26-10-15(25)11-27-19)14(3)40(34,35)32-23-31-30-20(16-8-9-24(4,5)39-16)33(23)17-21(36-6)28-12-29-22(17)37-7/h10-14,16,18H,8-9H2,1-7H3,(H,31,32)/t14?,16-,18?/m1/s1. The minimum absolute atomic E-state index is 0.120. The summed E-state index contributed by atoms with van der Waals surface area (Å²) in [5, 5.41) is 7.66. The van der Waals surface area contributed by atoms with Gasteiger partial charge in [0, 0.05) is 12.4 Å². The normalized spacial score (nSPS) is 18.5. The molecule has 0 aliphatic carbocycles. The van der Waals surface area contributed by atoms with Gasteiger partial charge in [0.05, 0.1) is 30.9 Å². The molecule has 0 radical (unpaired) electrons. The molecular weight excluding hydrogens is 564 g/mol. The number of halogens is 1. The largest absolute Gasteiger partial charge is 0.479 e. The second-order valence-corrected chi connectivity index (χ2v) is 12.6.